The lowest BCUT2D eigenvalue weighted by Crippen LogP contribution is -2.39. The Morgan fingerprint density at radius 3 is 2.67 bits per heavy atom. The molecule has 0 saturated heterocycles. The molecule has 0 saturated carbocycles. The van der Waals surface area contributed by atoms with E-state index in [2.05, 4.69) is 24.1 Å². The molecule has 6 nitrogen and oxygen atoms in total. The van der Waals surface area contributed by atoms with Gasteiger partial charge in [-0.2, -0.15) is 0 Å². The van der Waals surface area contributed by atoms with Crippen molar-refractivity contribution in [2.45, 2.75) is 20.4 Å². The van der Waals surface area contributed by atoms with Crippen LogP contribution >= 0.6 is 0 Å². The van der Waals surface area contributed by atoms with Crippen LogP contribution in [0, 0.1) is 5.41 Å². The van der Waals surface area contributed by atoms with Gasteiger partial charge in [0.1, 0.15) is 5.76 Å². The summed E-state index contributed by atoms with van der Waals surface area (Å²) in [5.74, 6) is 0.587. The number of aromatic nitrogens is 1. The fourth-order valence-electron chi connectivity index (χ4n) is 2.66. The molecule has 24 heavy (non-hydrogen) atoms. The van der Waals surface area contributed by atoms with Crippen molar-refractivity contribution >= 4 is 5.91 Å². The van der Waals surface area contributed by atoms with Gasteiger partial charge in [0.15, 0.2) is 5.76 Å². The first-order valence-corrected chi connectivity index (χ1v) is 7.94. The van der Waals surface area contributed by atoms with E-state index in [-0.39, 0.29) is 22.6 Å². The third kappa shape index (κ3) is 5.09. The molecule has 0 spiro atoms. The zero-order valence-corrected chi connectivity index (χ0v) is 14.7. The number of hydrogen-bond acceptors (Lipinski definition) is 4. The van der Waals surface area contributed by atoms with E-state index in [9.17, 15) is 9.59 Å². The average molecular weight is 331 g/mol. The normalized spacial score (nSPS) is 11.7. The average Bonchev–Trinajstić information content (AvgIpc) is 2.95. The van der Waals surface area contributed by atoms with Crippen LogP contribution in [0.1, 0.15) is 30.2 Å². The van der Waals surface area contributed by atoms with E-state index in [1.54, 1.807) is 30.5 Å². The first-order valence-electron chi connectivity index (χ1n) is 7.94. The number of rotatable bonds is 7. The predicted molar refractivity (Wildman–Crippen MR) is 93.2 cm³/mol. The molecule has 0 fully saturated rings. The van der Waals surface area contributed by atoms with Gasteiger partial charge in [-0.1, -0.05) is 19.9 Å². The number of carbonyl (C=O) groups is 1. The van der Waals surface area contributed by atoms with Crippen molar-refractivity contribution < 1.29 is 9.21 Å². The van der Waals surface area contributed by atoms with Gasteiger partial charge in [0.2, 0.25) is 0 Å². The summed E-state index contributed by atoms with van der Waals surface area (Å²) >= 11 is 0. The third-order valence-corrected chi connectivity index (χ3v) is 3.58. The molecule has 1 amide bonds. The minimum absolute atomic E-state index is 0.0358. The van der Waals surface area contributed by atoms with Gasteiger partial charge in [0.25, 0.3) is 11.5 Å². The Bertz CT molecular complexity index is 744. The van der Waals surface area contributed by atoms with E-state index in [0.29, 0.717) is 18.8 Å². The highest BCUT2D eigenvalue weighted by Gasteiger charge is 2.21. The Labute approximate surface area is 142 Å². The van der Waals surface area contributed by atoms with E-state index < -0.39 is 0 Å². The second-order valence-electron chi connectivity index (χ2n) is 7.02. The SMILES string of the molecule is CN(C)CC(C)(C)CNC(=O)c1ccc(Cn2ccccc2=O)o1. The standard InChI is InChI=1S/C18H25N3O3/c1-18(2,13-20(3)4)12-19-17(23)15-9-8-14(24-15)11-21-10-6-5-7-16(21)22/h5-10H,11-13H2,1-4H3,(H,19,23). The maximum Gasteiger partial charge on any atom is 0.287 e. The monoisotopic (exact) mass is 331 g/mol. The van der Waals surface area contributed by atoms with Crippen molar-refractivity contribution in [2.75, 3.05) is 27.2 Å². The Balaban J connectivity index is 1.96. The van der Waals surface area contributed by atoms with Crippen molar-refractivity contribution in [3.8, 4) is 0 Å². The van der Waals surface area contributed by atoms with Gasteiger partial charge in [-0.3, -0.25) is 9.59 Å². The van der Waals surface area contributed by atoms with Gasteiger partial charge < -0.3 is 19.2 Å². The van der Waals surface area contributed by atoms with Crippen molar-refractivity contribution in [3.63, 3.8) is 0 Å². The molecule has 2 aromatic heterocycles. The molecule has 130 valence electrons. The number of pyridine rings is 1. The second kappa shape index (κ2) is 7.49. The van der Waals surface area contributed by atoms with Crippen LogP contribution < -0.4 is 10.9 Å². The van der Waals surface area contributed by atoms with Crippen LogP contribution in [0.4, 0.5) is 0 Å². The predicted octanol–water partition coefficient (Wildman–Crippen LogP) is 1.81. The van der Waals surface area contributed by atoms with Crippen LogP contribution in [-0.2, 0) is 6.54 Å². The number of furan rings is 1. The second-order valence-corrected chi connectivity index (χ2v) is 7.02. The van der Waals surface area contributed by atoms with Gasteiger partial charge in [-0.05, 0) is 37.7 Å². The van der Waals surface area contributed by atoms with E-state index >= 15 is 0 Å². The molecule has 6 heteroatoms. The maximum atomic E-state index is 12.2. The Kier molecular flexibility index (Phi) is 5.62. The number of nitrogens with one attached hydrogen (secondary N) is 1. The third-order valence-electron chi connectivity index (χ3n) is 3.58. The maximum absolute atomic E-state index is 12.2. The Morgan fingerprint density at radius 2 is 2.00 bits per heavy atom. The van der Waals surface area contributed by atoms with Crippen molar-refractivity contribution in [2.24, 2.45) is 5.41 Å². The van der Waals surface area contributed by atoms with Gasteiger partial charge in [-0.15, -0.1) is 0 Å². The lowest BCUT2D eigenvalue weighted by molar-refractivity contribution is 0.0899. The highest BCUT2D eigenvalue weighted by molar-refractivity contribution is 5.91. The molecule has 0 atom stereocenters. The number of amides is 1. The summed E-state index contributed by atoms with van der Waals surface area (Å²) < 4.78 is 7.10. The van der Waals surface area contributed by atoms with Crippen molar-refractivity contribution in [1.82, 2.24) is 14.8 Å². The van der Waals surface area contributed by atoms with E-state index in [0.717, 1.165) is 6.54 Å². The van der Waals surface area contributed by atoms with Crippen LogP contribution in [0.15, 0.2) is 45.7 Å². The summed E-state index contributed by atoms with van der Waals surface area (Å²) in [7, 11) is 4.02. The fourth-order valence-corrected chi connectivity index (χ4v) is 2.66. The highest BCUT2D eigenvalue weighted by atomic mass is 16.4. The van der Waals surface area contributed by atoms with Gasteiger partial charge in [0.05, 0.1) is 6.54 Å². The molecule has 2 heterocycles. The Morgan fingerprint density at radius 1 is 1.25 bits per heavy atom. The molecular weight excluding hydrogens is 306 g/mol. The van der Waals surface area contributed by atoms with Crippen LogP contribution in [0.5, 0.6) is 0 Å². The molecule has 0 unspecified atom stereocenters. The molecule has 0 aromatic carbocycles. The molecule has 0 bridgehead atoms. The van der Waals surface area contributed by atoms with Crippen molar-refractivity contribution in [1.29, 1.82) is 0 Å². The molecule has 2 aromatic rings. The van der Waals surface area contributed by atoms with Gasteiger partial charge in [0, 0.05) is 25.4 Å². The first kappa shape index (κ1) is 18.0. The lowest BCUT2D eigenvalue weighted by Gasteiger charge is -2.28. The summed E-state index contributed by atoms with van der Waals surface area (Å²) in [5, 5.41) is 2.91. The lowest BCUT2D eigenvalue weighted by atomic mass is 9.93. The smallest absolute Gasteiger partial charge is 0.287 e. The quantitative estimate of drug-likeness (QED) is 0.840. The van der Waals surface area contributed by atoms with Crippen LogP contribution in [0.3, 0.4) is 0 Å². The summed E-state index contributed by atoms with van der Waals surface area (Å²) in [6.45, 7) is 5.93. The van der Waals surface area contributed by atoms with Crippen molar-refractivity contribution in [3.05, 3.63) is 58.4 Å². The molecular formula is C18H25N3O3. The summed E-state index contributed by atoms with van der Waals surface area (Å²) in [6.07, 6.45) is 1.69. The zero-order chi connectivity index (χ0) is 17.7. The van der Waals surface area contributed by atoms with Crippen LogP contribution in [0.2, 0.25) is 0 Å². The summed E-state index contributed by atoms with van der Waals surface area (Å²) in [5.41, 5.74) is -0.142. The summed E-state index contributed by atoms with van der Waals surface area (Å²) in [4.78, 5) is 26.0. The molecule has 2 rings (SSSR count). The van der Waals surface area contributed by atoms with Gasteiger partial charge in [-0.25, -0.2) is 0 Å². The highest BCUT2D eigenvalue weighted by Crippen LogP contribution is 2.15. The molecule has 1 N–H and O–H groups in total. The van der Waals surface area contributed by atoms with Gasteiger partial charge >= 0.3 is 0 Å². The molecule has 0 aliphatic rings. The number of nitrogens with zero attached hydrogens (tertiary/aromatic N) is 2. The van der Waals surface area contributed by atoms with E-state index in [1.807, 2.05) is 14.1 Å². The minimum atomic E-state index is -0.242. The number of hydrogen-bond donors (Lipinski definition) is 1. The largest absolute Gasteiger partial charge is 0.454 e. The Hall–Kier alpha value is -2.34. The van der Waals surface area contributed by atoms with E-state index in [4.69, 9.17) is 4.42 Å². The number of carbonyl (C=O) groups excluding carboxylic acids is 1. The fraction of sp³-hybridized carbons (Fsp3) is 0.444. The molecule has 0 radical (unpaired) electrons. The zero-order valence-electron chi connectivity index (χ0n) is 14.7. The summed E-state index contributed by atoms with van der Waals surface area (Å²) in [6, 6.07) is 8.32. The van der Waals surface area contributed by atoms with E-state index in [1.165, 1.54) is 10.6 Å². The molecule has 0 aliphatic heterocycles. The van der Waals surface area contributed by atoms with Crippen LogP contribution in [0.25, 0.3) is 0 Å². The topological polar surface area (TPSA) is 67.5 Å². The molecule has 0 aliphatic carbocycles. The van der Waals surface area contributed by atoms with Crippen LogP contribution in [-0.4, -0.2) is 42.6 Å². The minimum Gasteiger partial charge on any atom is -0.454 e. The first-order chi connectivity index (χ1) is 11.3.